The Kier molecular flexibility index (Phi) is 4.97. The van der Waals surface area contributed by atoms with Gasteiger partial charge in [0.2, 0.25) is 0 Å². The molecule has 0 N–H and O–H groups in total. The molecule has 150 valence electrons. The third-order valence-corrected chi connectivity index (χ3v) is 5.68. The van der Waals surface area contributed by atoms with Crippen LogP contribution in [0.1, 0.15) is 28.2 Å². The Morgan fingerprint density at radius 3 is 2.63 bits per heavy atom. The highest BCUT2D eigenvalue weighted by atomic mass is 16.2. The standard InChI is InChI=1S/C24H23N5O/c30-24(28-14-11-19(16-28)15-20-9-4-5-12-25-20)22-21-10-6-13-26-23(21)29(27-22)17-18-7-2-1-3-8-18/h1-10,12-13,19H,11,14-17H2. The van der Waals surface area contributed by atoms with Crippen LogP contribution in [0.3, 0.4) is 0 Å². The summed E-state index contributed by atoms with van der Waals surface area (Å²) in [7, 11) is 0. The SMILES string of the molecule is O=C(c1nn(Cc2ccccc2)c2ncccc12)N1CCC(Cc2ccccn2)C1. The van der Waals surface area contributed by atoms with Crippen LogP contribution in [0.25, 0.3) is 11.0 Å². The van der Waals surface area contributed by atoms with Crippen LogP contribution in [-0.4, -0.2) is 43.6 Å². The Balaban J connectivity index is 1.37. The lowest BCUT2D eigenvalue weighted by atomic mass is 10.0. The number of aromatic nitrogens is 4. The van der Waals surface area contributed by atoms with Crippen LogP contribution >= 0.6 is 0 Å². The normalized spacial score (nSPS) is 16.3. The lowest BCUT2D eigenvalue weighted by Crippen LogP contribution is -2.29. The van der Waals surface area contributed by atoms with Crippen molar-refractivity contribution in [1.29, 1.82) is 0 Å². The Hall–Kier alpha value is -3.54. The van der Waals surface area contributed by atoms with E-state index < -0.39 is 0 Å². The molecule has 0 saturated carbocycles. The Labute approximate surface area is 175 Å². The van der Waals surface area contributed by atoms with Crippen LogP contribution in [0.4, 0.5) is 0 Å². The molecule has 1 aliphatic heterocycles. The fraction of sp³-hybridized carbons (Fsp3) is 0.250. The maximum atomic E-state index is 13.3. The second-order valence-corrected chi connectivity index (χ2v) is 7.80. The molecule has 1 atom stereocenters. The summed E-state index contributed by atoms with van der Waals surface area (Å²) >= 11 is 0. The second kappa shape index (κ2) is 8.06. The minimum atomic E-state index is -0.0108. The monoisotopic (exact) mass is 397 g/mol. The average molecular weight is 397 g/mol. The van der Waals surface area contributed by atoms with E-state index in [0.29, 0.717) is 18.2 Å². The number of carbonyl (C=O) groups is 1. The highest BCUT2D eigenvalue weighted by Gasteiger charge is 2.30. The van der Waals surface area contributed by atoms with Gasteiger partial charge in [0.15, 0.2) is 11.3 Å². The van der Waals surface area contributed by atoms with Gasteiger partial charge in [0, 0.05) is 31.2 Å². The van der Waals surface area contributed by atoms with Gasteiger partial charge in [-0.15, -0.1) is 0 Å². The predicted molar refractivity (Wildman–Crippen MR) is 115 cm³/mol. The summed E-state index contributed by atoms with van der Waals surface area (Å²) in [6.45, 7) is 2.08. The van der Waals surface area contributed by atoms with Gasteiger partial charge in [-0.05, 0) is 48.6 Å². The molecule has 1 amide bonds. The number of amides is 1. The summed E-state index contributed by atoms with van der Waals surface area (Å²) in [5.41, 5.74) is 3.45. The Morgan fingerprint density at radius 1 is 0.967 bits per heavy atom. The van der Waals surface area contributed by atoms with Crippen molar-refractivity contribution in [3.05, 3.63) is 90.0 Å². The van der Waals surface area contributed by atoms with Crippen LogP contribution in [0.2, 0.25) is 0 Å². The minimum absolute atomic E-state index is 0.0108. The number of pyridine rings is 2. The molecule has 1 unspecified atom stereocenters. The summed E-state index contributed by atoms with van der Waals surface area (Å²) in [6, 6.07) is 19.9. The summed E-state index contributed by atoms with van der Waals surface area (Å²) in [6.07, 6.45) is 5.46. The van der Waals surface area contributed by atoms with Gasteiger partial charge in [-0.1, -0.05) is 36.4 Å². The van der Waals surface area contributed by atoms with Crippen LogP contribution in [0, 0.1) is 5.92 Å². The van der Waals surface area contributed by atoms with E-state index in [0.717, 1.165) is 48.2 Å². The molecule has 4 aromatic rings. The van der Waals surface area contributed by atoms with E-state index in [9.17, 15) is 4.79 Å². The smallest absolute Gasteiger partial charge is 0.275 e. The van der Waals surface area contributed by atoms with Crippen molar-refractivity contribution in [2.45, 2.75) is 19.4 Å². The van der Waals surface area contributed by atoms with Crippen molar-refractivity contribution in [2.75, 3.05) is 13.1 Å². The van der Waals surface area contributed by atoms with Crippen molar-refractivity contribution >= 4 is 16.9 Å². The molecular formula is C24H23N5O. The van der Waals surface area contributed by atoms with E-state index >= 15 is 0 Å². The molecule has 30 heavy (non-hydrogen) atoms. The van der Waals surface area contributed by atoms with Crippen molar-refractivity contribution in [3.8, 4) is 0 Å². The number of carbonyl (C=O) groups excluding carboxylic acids is 1. The van der Waals surface area contributed by atoms with E-state index in [4.69, 9.17) is 0 Å². The summed E-state index contributed by atoms with van der Waals surface area (Å²) in [5, 5.41) is 5.50. The number of fused-ring (bicyclic) bond motifs is 1. The molecule has 1 fully saturated rings. The van der Waals surface area contributed by atoms with Gasteiger partial charge < -0.3 is 4.90 Å². The second-order valence-electron chi connectivity index (χ2n) is 7.80. The van der Waals surface area contributed by atoms with Crippen LogP contribution in [-0.2, 0) is 13.0 Å². The first-order valence-electron chi connectivity index (χ1n) is 10.3. The summed E-state index contributed by atoms with van der Waals surface area (Å²) in [4.78, 5) is 24.2. The lowest BCUT2D eigenvalue weighted by molar-refractivity contribution is 0.0782. The van der Waals surface area contributed by atoms with Gasteiger partial charge in [0.25, 0.3) is 5.91 Å². The number of hydrogen-bond acceptors (Lipinski definition) is 4. The zero-order valence-corrected chi connectivity index (χ0v) is 16.7. The number of rotatable bonds is 5. The zero-order chi connectivity index (χ0) is 20.3. The lowest BCUT2D eigenvalue weighted by Gasteiger charge is -2.15. The summed E-state index contributed by atoms with van der Waals surface area (Å²) in [5.74, 6) is 0.419. The van der Waals surface area contributed by atoms with Gasteiger partial charge in [-0.2, -0.15) is 5.10 Å². The van der Waals surface area contributed by atoms with Crippen molar-refractivity contribution in [1.82, 2.24) is 24.6 Å². The fourth-order valence-electron chi connectivity index (χ4n) is 4.18. The van der Waals surface area contributed by atoms with Crippen LogP contribution in [0.5, 0.6) is 0 Å². The Morgan fingerprint density at radius 2 is 1.80 bits per heavy atom. The number of nitrogens with zero attached hydrogens (tertiary/aromatic N) is 5. The molecule has 1 aromatic carbocycles. The molecule has 4 heterocycles. The summed E-state index contributed by atoms with van der Waals surface area (Å²) < 4.78 is 1.83. The third-order valence-electron chi connectivity index (χ3n) is 5.68. The van der Waals surface area contributed by atoms with Gasteiger partial charge in [0.1, 0.15) is 0 Å². The number of benzene rings is 1. The fourth-order valence-corrected chi connectivity index (χ4v) is 4.18. The largest absolute Gasteiger partial charge is 0.337 e. The van der Waals surface area contributed by atoms with Crippen molar-refractivity contribution in [2.24, 2.45) is 5.92 Å². The van der Waals surface area contributed by atoms with E-state index in [1.165, 1.54) is 0 Å². The molecule has 5 rings (SSSR count). The number of likely N-dealkylation sites (tertiary alicyclic amines) is 1. The first kappa shape index (κ1) is 18.5. The third kappa shape index (κ3) is 3.68. The number of hydrogen-bond donors (Lipinski definition) is 0. The highest BCUT2D eigenvalue weighted by Crippen LogP contribution is 2.24. The first-order chi connectivity index (χ1) is 14.8. The maximum absolute atomic E-state index is 13.3. The molecule has 0 aliphatic carbocycles. The molecule has 0 radical (unpaired) electrons. The molecule has 0 bridgehead atoms. The quantitative estimate of drug-likeness (QED) is 0.516. The Bertz CT molecular complexity index is 1160. The molecule has 0 spiro atoms. The molecule has 1 saturated heterocycles. The van der Waals surface area contributed by atoms with E-state index in [2.05, 4.69) is 33.3 Å². The van der Waals surface area contributed by atoms with Crippen LogP contribution < -0.4 is 0 Å². The van der Waals surface area contributed by atoms with Gasteiger partial charge in [-0.25, -0.2) is 9.67 Å². The van der Waals surface area contributed by atoms with E-state index in [1.54, 1.807) is 6.20 Å². The predicted octanol–water partition coefficient (Wildman–Crippen LogP) is 3.58. The van der Waals surface area contributed by atoms with Crippen molar-refractivity contribution < 1.29 is 4.79 Å². The van der Waals surface area contributed by atoms with E-state index in [-0.39, 0.29) is 5.91 Å². The minimum Gasteiger partial charge on any atom is -0.337 e. The average Bonchev–Trinajstić information content (AvgIpc) is 3.40. The molecule has 1 aliphatic rings. The van der Waals surface area contributed by atoms with Crippen LogP contribution in [0.15, 0.2) is 73.1 Å². The molecular weight excluding hydrogens is 374 g/mol. The van der Waals surface area contributed by atoms with Gasteiger partial charge in [0.05, 0.1) is 11.9 Å². The zero-order valence-electron chi connectivity index (χ0n) is 16.7. The van der Waals surface area contributed by atoms with Crippen molar-refractivity contribution in [3.63, 3.8) is 0 Å². The highest BCUT2D eigenvalue weighted by molar-refractivity contribution is 6.04. The first-order valence-corrected chi connectivity index (χ1v) is 10.3. The maximum Gasteiger partial charge on any atom is 0.275 e. The topological polar surface area (TPSA) is 63.9 Å². The van der Waals surface area contributed by atoms with Gasteiger partial charge >= 0.3 is 0 Å². The van der Waals surface area contributed by atoms with Gasteiger partial charge in [-0.3, -0.25) is 9.78 Å². The molecule has 3 aromatic heterocycles. The van der Waals surface area contributed by atoms with E-state index in [1.807, 2.05) is 58.2 Å². The molecule has 6 nitrogen and oxygen atoms in total. The molecule has 6 heteroatoms.